The van der Waals surface area contributed by atoms with Crippen molar-refractivity contribution in [2.45, 2.75) is 33.5 Å². The highest BCUT2D eigenvalue weighted by Crippen LogP contribution is 2.44. The van der Waals surface area contributed by atoms with Crippen molar-refractivity contribution < 1.29 is 4.79 Å². The summed E-state index contributed by atoms with van der Waals surface area (Å²) in [5.41, 5.74) is 4.70. The fourth-order valence-corrected chi connectivity index (χ4v) is 5.28. The number of amides is 1. The molecule has 158 valence electrons. The molecule has 2 unspecified atom stereocenters. The van der Waals surface area contributed by atoms with Crippen molar-refractivity contribution in [3.05, 3.63) is 59.6 Å². The van der Waals surface area contributed by atoms with Gasteiger partial charge in [0.05, 0.1) is 28.6 Å². The van der Waals surface area contributed by atoms with Crippen LogP contribution in [-0.2, 0) is 4.79 Å². The molecule has 7 nitrogen and oxygen atoms in total. The number of carbonyl (C=O) groups is 1. The second kappa shape index (κ2) is 8.70. The van der Waals surface area contributed by atoms with E-state index in [1.807, 2.05) is 55.6 Å². The molecular formula is C22H29N6OP. The Morgan fingerprint density at radius 2 is 1.90 bits per heavy atom. The van der Waals surface area contributed by atoms with Gasteiger partial charge in [-0.15, -0.1) is 0 Å². The second-order valence-corrected chi connectivity index (χ2v) is 8.79. The summed E-state index contributed by atoms with van der Waals surface area (Å²) in [6, 6.07) is 0. The van der Waals surface area contributed by atoms with Gasteiger partial charge in [-0.25, -0.2) is 4.98 Å². The molecule has 3 aliphatic rings. The smallest absolute Gasteiger partial charge is 0.252 e. The molecule has 2 aromatic heterocycles. The van der Waals surface area contributed by atoms with Gasteiger partial charge in [-0.3, -0.25) is 9.78 Å². The summed E-state index contributed by atoms with van der Waals surface area (Å²) in [7, 11) is 0.471. The molecule has 30 heavy (non-hydrogen) atoms. The summed E-state index contributed by atoms with van der Waals surface area (Å²) in [6.07, 6.45) is 12.1. The summed E-state index contributed by atoms with van der Waals surface area (Å²) in [5.74, 6) is 0.101. The van der Waals surface area contributed by atoms with E-state index in [2.05, 4.69) is 27.4 Å². The number of aromatic nitrogens is 3. The number of fused-ring (bicyclic) bond motifs is 2. The van der Waals surface area contributed by atoms with Crippen LogP contribution in [0.2, 0.25) is 0 Å². The average molecular weight is 424 g/mol. The molecule has 8 heteroatoms. The predicted molar refractivity (Wildman–Crippen MR) is 122 cm³/mol. The van der Waals surface area contributed by atoms with Crippen LogP contribution < -0.4 is 5.32 Å². The van der Waals surface area contributed by atoms with Crippen molar-refractivity contribution >= 4 is 25.4 Å². The molecular weight excluding hydrogens is 395 g/mol. The zero-order chi connectivity index (χ0) is 21.3. The third-order valence-electron chi connectivity index (χ3n) is 5.33. The molecule has 5 rings (SSSR count). The molecule has 1 amide bonds. The van der Waals surface area contributed by atoms with E-state index in [0.717, 1.165) is 59.9 Å². The molecule has 5 heterocycles. The van der Waals surface area contributed by atoms with Gasteiger partial charge in [-0.1, -0.05) is 28.5 Å². The lowest BCUT2D eigenvalue weighted by Crippen LogP contribution is -2.44. The summed E-state index contributed by atoms with van der Waals surface area (Å²) in [4.78, 5) is 26.3. The third-order valence-corrected chi connectivity index (χ3v) is 6.81. The lowest BCUT2D eigenvalue weighted by Gasteiger charge is -2.37. The maximum absolute atomic E-state index is 12.9. The Morgan fingerprint density at radius 3 is 2.67 bits per heavy atom. The van der Waals surface area contributed by atoms with Gasteiger partial charge in [0.25, 0.3) is 5.91 Å². The molecule has 1 saturated heterocycles. The minimum Gasteiger partial charge on any atom is -0.368 e. The Morgan fingerprint density at radius 1 is 1.13 bits per heavy atom. The van der Waals surface area contributed by atoms with Gasteiger partial charge in [-0.2, -0.15) is 0 Å². The Labute approximate surface area is 179 Å². The van der Waals surface area contributed by atoms with Crippen molar-refractivity contribution in [3.63, 3.8) is 0 Å². The Kier molecular flexibility index (Phi) is 6.02. The zero-order valence-corrected chi connectivity index (χ0v) is 19.0. The number of hydrogen-bond acceptors (Lipinski definition) is 5. The summed E-state index contributed by atoms with van der Waals surface area (Å²) in [5, 5.41) is 4.38. The Hall–Kier alpha value is -2.50. The lowest BCUT2D eigenvalue weighted by molar-refractivity contribution is -0.123. The highest BCUT2D eigenvalue weighted by Gasteiger charge is 2.30. The number of allylic oxidation sites excluding steroid dienone is 1. The van der Waals surface area contributed by atoms with Gasteiger partial charge in [0, 0.05) is 56.2 Å². The van der Waals surface area contributed by atoms with Gasteiger partial charge >= 0.3 is 0 Å². The van der Waals surface area contributed by atoms with E-state index in [-0.39, 0.29) is 11.7 Å². The topological polar surface area (TPSA) is 65.8 Å². The van der Waals surface area contributed by atoms with Crippen molar-refractivity contribution in [2.75, 3.05) is 26.2 Å². The molecule has 0 radical (unpaired) electrons. The molecule has 1 N–H and O–H groups in total. The molecule has 3 aliphatic heterocycles. The van der Waals surface area contributed by atoms with Crippen LogP contribution in [0, 0.1) is 13.8 Å². The Balaban J connectivity index is 0.00000106. The van der Waals surface area contributed by atoms with Crippen LogP contribution >= 0.6 is 8.58 Å². The van der Waals surface area contributed by atoms with Crippen LogP contribution in [0.25, 0.3) is 11.0 Å². The third kappa shape index (κ3) is 3.92. The number of rotatable bonds is 2. The minimum atomic E-state index is 0.0267. The number of nitrogens with one attached hydrogen (secondary N) is 1. The standard InChI is InChI=1S/C20H23N6OP.C2H6/c1-13-10-25-12-16(23-20(25)14(2)22-13)17-9-18(27)26-11-15(3-4-19(26)28-17)24-7-5-21-6-8-24;1-2/h3-4,9-12,19,21,28H,5-8H2,1-2H3;1-2H3. The average Bonchev–Trinajstić information content (AvgIpc) is 3.20. The highest BCUT2D eigenvalue weighted by molar-refractivity contribution is 7.51. The van der Waals surface area contributed by atoms with Crippen molar-refractivity contribution in [1.29, 1.82) is 0 Å². The van der Waals surface area contributed by atoms with Crippen molar-refractivity contribution in [1.82, 2.24) is 29.5 Å². The summed E-state index contributed by atoms with van der Waals surface area (Å²) >= 11 is 0. The van der Waals surface area contributed by atoms with Crippen LogP contribution in [0.1, 0.15) is 30.9 Å². The first-order chi connectivity index (χ1) is 14.6. The minimum absolute atomic E-state index is 0.0267. The van der Waals surface area contributed by atoms with E-state index in [4.69, 9.17) is 4.98 Å². The molecule has 0 spiro atoms. The van der Waals surface area contributed by atoms with E-state index < -0.39 is 0 Å². The zero-order valence-electron chi connectivity index (χ0n) is 18.0. The first kappa shape index (κ1) is 20.8. The van der Waals surface area contributed by atoms with E-state index in [0.29, 0.717) is 8.58 Å². The van der Waals surface area contributed by atoms with Gasteiger partial charge < -0.3 is 19.5 Å². The van der Waals surface area contributed by atoms with Gasteiger partial charge in [0.15, 0.2) is 5.65 Å². The van der Waals surface area contributed by atoms with E-state index in [1.165, 1.54) is 0 Å². The molecule has 1 fully saturated rings. The second-order valence-electron chi connectivity index (χ2n) is 7.37. The predicted octanol–water partition coefficient (Wildman–Crippen LogP) is 2.88. The molecule has 2 aromatic rings. The monoisotopic (exact) mass is 424 g/mol. The van der Waals surface area contributed by atoms with E-state index in [1.54, 1.807) is 6.08 Å². The number of hydrogen-bond donors (Lipinski definition) is 1. The maximum atomic E-state index is 12.9. The summed E-state index contributed by atoms with van der Waals surface area (Å²) in [6.45, 7) is 11.9. The molecule has 2 atom stereocenters. The Bertz CT molecular complexity index is 1050. The fraction of sp³-hybridized carbons (Fsp3) is 0.409. The van der Waals surface area contributed by atoms with Crippen LogP contribution in [0.15, 0.2) is 42.5 Å². The van der Waals surface area contributed by atoms with Gasteiger partial charge in [0.2, 0.25) is 0 Å². The van der Waals surface area contributed by atoms with Crippen molar-refractivity contribution in [3.8, 4) is 0 Å². The highest BCUT2D eigenvalue weighted by atomic mass is 31.1. The first-order valence-corrected chi connectivity index (χ1v) is 11.7. The first-order valence-electron chi connectivity index (χ1n) is 10.6. The van der Waals surface area contributed by atoms with Crippen LogP contribution in [0.5, 0.6) is 0 Å². The van der Waals surface area contributed by atoms with Crippen molar-refractivity contribution in [2.24, 2.45) is 0 Å². The van der Waals surface area contributed by atoms with E-state index in [9.17, 15) is 4.79 Å². The van der Waals surface area contributed by atoms with Gasteiger partial charge in [-0.05, 0) is 19.9 Å². The number of nitrogens with zero attached hydrogens (tertiary/aromatic N) is 5. The van der Waals surface area contributed by atoms with Crippen LogP contribution in [0.4, 0.5) is 0 Å². The van der Waals surface area contributed by atoms with Gasteiger partial charge in [0.1, 0.15) is 0 Å². The number of piperazine rings is 1. The molecule has 0 saturated carbocycles. The maximum Gasteiger partial charge on any atom is 0.252 e. The molecule has 0 aromatic carbocycles. The number of aryl methyl sites for hydroxylation is 2. The number of imidazole rings is 1. The lowest BCUT2D eigenvalue weighted by atomic mass is 10.2. The normalized spacial score (nSPS) is 21.9. The number of carbonyl (C=O) groups excluding carboxylic acids is 1. The summed E-state index contributed by atoms with van der Waals surface area (Å²) < 4.78 is 2.01. The van der Waals surface area contributed by atoms with Crippen LogP contribution in [-0.4, -0.2) is 62.0 Å². The SMILES string of the molecule is CC.Cc1cn2cc(C3=CC(=O)N4C=C(N5CCNCC5)C=CC4P3)nc2c(C)n1. The fourth-order valence-electron chi connectivity index (χ4n) is 3.96. The quantitative estimate of drug-likeness (QED) is 0.751. The molecule has 0 bridgehead atoms. The largest absolute Gasteiger partial charge is 0.368 e. The van der Waals surface area contributed by atoms with Crippen LogP contribution in [0.3, 0.4) is 0 Å². The van der Waals surface area contributed by atoms with E-state index >= 15 is 0 Å². The molecule has 0 aliphatic carbocycles.